The number of nitrogens with zero attached hydrogens (tertiary/aromatic N) is 2. The van der Waals surface area contributed by atoms with Gasteiger partial charge in [0.05, 0.1) is 18.2 Å². The van der Waals surface area contributed by atoms with Gasteiger partial charge in [0.15, 0.2) is 0 Å². The van der Waals surface area contributed by atoms with Crippen LogP contribution in [-0.4, -0.2) is 35.8 Å². The Morgan fingerprint density at radius 3 is 2.18 bits per heavy atom. The van der Waals surface area contributed by atoms with Crippen LogP contribution in [0.1, 0.15) is 36.0 Å². The zero-order valence-electron chi connectivity index (χ0n) is 16.7. The number of imide groups is 1. The Balaban J connectivity index is 1.42. The van der Waals surface area contributed by atoms with Gasteiger partial charge in [0, 0.05) is 0 Å². The number of piperidine rings is 1. The van der Waals surface area contributed by atoms with Crippen LogP contribution in [0.25, 0.3) is 0 Å². The summed E-state index contributed by atoms with van der Waals surface area (Å²) in [4.78, 5) is 29.6. The van der Waals surface area contributed by atoms with E-state index in [0.29, 0.717) is 12.3 Å². The summed E-state index contributed by atoms with van der Waals surface area (Å²) in [6.07, 6.45) is 3.56. The standard InChI is InChI=1S/C24H28N2O2/c1-17-7-6-8-18(2)23(17)26-22(27)16-21(24(26)28)25-13-11-20(12-14-25)15-19-9-4-3-5-10-19/h3-10,20-21H,11-16H2,1-2H3. The van der Waals surface area contributed by atoms with Gasteiger partial charge < -0.3 is 0 Å². The number of carbonyl (C=O) groups is 2. The molecule has 4 rings (SSSR count). The van der Waals surface area contributed by atoms with Gasteiger partial charge in [-0.1, -0.05) is 48.5 Å². The van der Waals surface area contributed by atoms with E-state index in [1.54, 1.807) is 0 Å². The summed E-state index contributed by atoms with van der Waals surface area (Å²) in [5.41, 5.74) is 4.11. The molecule has 0 aromatic heterocycles. The van der Waals surface area contributed by atoms with Crippen molar-refractivity contribution in [1.82, 2.24) is 4.90 Å². The van der Waals surface area contributed by atoms with E-state index in [-0.39, 0.29) is 17.9 Å². The van der Waals surface area contributed by atoms with Crippen LogP contribution in [0.2, 0.25) is 0 Å². The first-order valence-electron chi connectivity index (χ1n) is 10.3. The molecule has 2 heterocycles. The monoisotopic (exact) mass is 376 g/mol. The second-order valence-electron chi connectivity index (χ2n) is 8.20. The number of rotatable bonds is 4. The second kappa shape index (κ2) is 7.88. The Morgan fingerprint density at radius 2 is 1.54 bits per heavy atom. The van der Waals surface area contributed by atoms with Gasteiger partial charge in [-0.05, 0) is 68.8 Å². The number of para-hydroxylation sites is 1. The molecule has 2 aliphatic heterocycles. The quantitative estimate of drug-likeness (QED) is 0.760. The Kier molecular flexibility index (Phi) is 5.31. The maximum Gasteiger partial charge on any atom is 0.251 e. The molecule has 2 saturated heterocycles. The predicted molar refractivity (Wildman–Crippen MR) is 111 cm³/mol. The van der Waals surface area contributed by atoms with Crippen LogP contribution in [0.4, 0.5) is 5.69 Å². The Labute approximate surface area is 167 Å². The van der Waals surface area contributed by atoms with Gasteiger partial charge in [-0.15, -0.1) is 0 Å². The van der Waals surface area contributed by atoms with E-state index in [9.17, 15) is 9.59 Å². The highest BCUT2D eigenvalue weighted by molar-refractivity contribution is 6.23. The average molecular weight is 377 g/mol. The van der Waals surface area contributed by atoms with Gasteiger partial charge in [-0.25, -0.2) is 4.90 Å². The number of aryl methyl sites for hydroxylation is 2. The van der Waals surface area contributed by atoms with E-state index < -0.39 is 0 Å². The smallest absolute Gasteiger partial charge is 0.251 e. The third-order valence-electron chi connectivity index (χ3n) is 6.24. The lowest BCUT2D eigenvalue weighted by Crippen LogP contribution is -2.46. The second-order valence-corrected chi connectivity index (χ2v) is 8.20. The molecule has 2 amide bonds. The lowest BCUT2D eigenvalue weighted by atomic mass is 9.89. The van der Waals surface area contributed by atoms with Crippen LogP contribution in [0.3, 0.4) is 0 Å². The van der Waals surface area contributed by atoms with Gasteiger partial charge in [-0.2, -0.15) is 0 Å². The SMILES string of the molecule is Cc1cccc(C)c1N1C(=O)CC(N2CCC(Cc3ccccc3)CC2)C1=O. The molecule has 1 atom stereocenters. The number of anilines is 1. The molecule has 2 aromatic carbocycles. The highest BCUT2D eigenvalue weighted by Gasteiger charge is 2.44. The molecule has 0 spiro atoms. The van der Waals surface area contributed by atoms with E-state index in [1.165, 1.54) is 10.5 Å². The Hall–Kier alpha value is -2.46. The fourth-order valence-electron chi connectivity index (χ4n) is 4.71. The molecule has 0 radical (unpaired) electrons. The van der Waals surface area contributed by atoms with E-state index in [0.717, 1.165) is 49.2 Å². The molecule has 0 aliphatic carbocycles. The highest BCUT2D eigenvalue weighted by Crippen LogP contribution is 2.33. The van der Waals surface area contributed by atoms with Crippen LogP contribution in [-0.2, 0) is 16.0 Å². The maximum absolute atomic E-state index is 13.2. The summed E-state index contributed by atoms with van der Waals surface area (Å²) in [6, 6.07) is 16.2. The summed E-state index contributed by atoms with van der Waals surface area (Å²) in [7, 11) is 0. The molecule has 2 fully saturated rings. The van der Waals surface area contributed by atoms with E-state index in [2.05, 4.69) is 35.2 Å². The fourth-order valence-corrected chi connectivity index (χ4v) is 4.71. The topological polar surface area (TPSA) is 40.6 Å². The molecule has 2 aliphatic rings. The van der Waals surface area contributed by atoms with Crippen LogP contribution in [0.15, 0.2) is 48.5 Å². The summed E-state index contributed by atoms with van der Waals surface area (Å²) in [5, 5.41) is 0. The Bertz CT molecular complexity index is 849. The van der Waals surface area contributed by atoms with E-state index in [4.69, 9.17) is 0 Å². The van der Waals surface area contributed by atoms with Crippen molar-refractivity contribution >= 4 is 17.5 Å². The zero-order chi connectivity index (χ0) is 19.7. The van der Waals surface area contributed by atoms with Crippen molar-refractivity contribution in [2.75, 3.05) is 18.0 Å². The Morgan fingerprint density at radius 1 is 0.893 bits per heavy atom. The lowest BCUT2D eigenvalue weighted by Gasteiger charge is -2.35. The molecule has 0 bridgehead atoms. The maximum atomic E-state index is 13.2. The van der Waals surface area contributed by atoms with Gasteiger partial charge in [0.2, 0.25) is 5.91 Å². The van der Waals surface area contributed by atoms with Crippen molar-refractivity contribution < 1.29 is 9.59 Å². The number of hydrogen-bond donors (Lipinski definition) is 0. The number of amides is 2. The normalized spacial score (nSPS) is 21.5. The minimum absolute atomic E-state index is 0.0519. The summed E-state index contributed by atoms with van der Waals surface area (Å²) in [6.45, 7) is 5.71. The molecule has 0 saturated carbocycles. The minimum atomic E-state index is -0.302. The fraction of sp³-hybridized carbons (Fsp3) is 0.417. The molecule has 146 valence electrons. The predicted octanol–water partition coefficient (Wildman–Crippen LogP) is 3.89. The third kappa shape index (κ3) is 3.61. The van der Waals surface area contributed by atoms with Crippen molar-refractivity contribution in [3.63, 3.8) is 0 Å². The average Bonchev–Trinajstić information content (AvgIpc) is 2.98. The van der Waals surface area contributed by atoms with E-state index in [1.807, 2.05) is 32.0 Å². The van der Waals surface area contributed by atoms with Crippen LogP contribution >= 0.6 is 0 Å². The zero-order valence-corrected chi connectivity index (χ0v) is 16.7. The largest absolute Gasteiger partial charge is 0.292 e. The van der Waals surface area contributed by atoms with Crippen molar-refractivity contribution in [1.29, 1.82) is 0 Å². The molecular weight excluding hydrogens is 348 g/mol. The van der Waals surface area contributed by atoms with E-state index >= 15 is 0 Å². The number of hydrogen-bond acceptors (Lipinski definition) is 3. The molecular formula is C24H28N2O2. The molecule has 0 N–H and O–H groups in total. The first-order chi connectivity index (χ1) is 13.5. The summed E-state index contributed by atoms with van der Waals surface area (Å²) >= 11 is 0. The highest BCUT2D eigenvalue weighted by atomic mass is 16.2. The molecule has 4 nitrogen and oxygen atoms in total. The van der Waals surface area contributed by atoms with Crippen LogP contribution in [0, 0.1) is 19.8 Å². The molecule has 2 aromatic rings. The molecule has 28 heavy (non-hydrogen) atoms. The van der Waals surface area contributed by atoms with Crippen molar-refractivity contribution in [3.05, 3.63) is 65.2 Å². The van der Waals surface area contributed by atoms with Gasteiger partial charge in [0.25, 0.3) is 5.91 Å². The van der Waals surface area contributed by atoms with Crippen molar-refractivity contribution in [2.24, 2.45) is 5.92 Å². The number of benzene rings is 2. The molecule has 4 heteroatoms. The number of likely N-dealkylation sites (tertiary alicyclic amines) is 1. The first kappa shape index (κ1) is 18.9. The van der Waals surface area contributed by atoms with Crippen molar-refractivity contribution in [2.45, 2.75) is 45.6 Å². The van der Waals surface area contributed by atoms with Crippen LogP contribution < -0.4 is 4.90 Å². The van der Waals surface area contributed by atoms with Gasteiger partial charge >= 0.3 is 0 Å². The van der Waals surface area contributed by atoms with Crippen LogP contribution in [0.5, 0.6) is 0 Å². The third-order valence-corrected chi connectivity index (χ3v) is 6.24. The first-order valence-corrected chi connectivity index (χ1v) is 10.3. The number of carbonyl (C=O) groups excluding carboxylic acids is 2. The minimum Gasteiger partial charge on any atom is -0.292 e. The lowest BCUT2D eigenvalue weighted by molar-refractivity contribution is -0.123. The van der Waals surface area contributed by atoms with Crippen molar-refractivity contribution in [3.8, 4) is 0 Å². The summed E-state index contributed by atoms with van der Waals surface area (Å²) < 4.78 is 0. The molecule has 1 unspecified atom stereocenters. The van der Waals surface area contributed by atoms with Gasteiger partial charge in [0.1, 0.15) is 0 Å². The van der Waals surface area contributed by atoms with Gasteiger partial charge in [-0.3, -0.25) is 14.5 Å². The summed E-state index contributed by atoms with van der Waals surface area (Å²) in [5.74, 6) is 0.531.